The van der Waals surface area contributed by atoms with Gasteiger partial charge in [0.25, 0.3) is 0 Å². The number of benzene rings is 2. The first-order valence-electron chi connectivity index (χ1n) is 9.57. The van der Waals surface area contributed by atoms with E-state index in [0.717, 1.165) is 54.2 Å². The van der Waals surface area contributed by atoms with Crippen LogP contribution in [0.25, 0.3) is 11.1 Å². The Morgan fingerprint density at radius 3 is 2.34 bits per heavy atom. The van der Waals surface area contributed by atoms with Gasteiger partial charge in [-0.3, -0.25) is 5.73 Å². The second kappa shape index (κ2) is 7.59. The zero-order chi connectivity index (χ0) is 20.6. The Kier molecular flexibility index (Phi) is 5.12. The monoisotopic (exact) mass is 411 g/mol. The van der Waals surface area contributed by atoms with Crippen molar-refractivity contribution in [3.05, 3.63) is 58.9 Å². The minimum Gasteiger partial charge on any atom is -0.399 e. The van der Waals surface area contributed by atoms with E-state index in [1.54, 1.807) is 0 Å². The Labute approximate surface area is 175 Å². The Hall–Kier alpha value is -2.74. The Balaban J connectivity index is 1.84. The van der Waals surface area contributed by atoms with Crippen LogP contribution in [0.15, 0.2) is 58.3 Å². The number of piperazine rings is 1. The average Bonchev–Trinajstić information content (AvgIpc) is 2.73. The first-order valence-corrected chi connectivity index (χ1v) is 9.95. The smallest absolute Gasteiger partial charge is 0.180 e. The molecule has 0 amide bonds. The number of hydrogen-bond donors (Lipinski definition) is 4. The van der Waals surface area contributed by atoms with Crippen LogP contribution in [0.5, 0.6) is 0 Å². The van der Waals surface area contributed by atoms with E-state index in [2.05, 4.69) is 45.4 Å². The maximum absolute atomic E-state index is 6.76. The van der Waals surface area contributed by atoms with Crippen molar-refractivity contribution < 1.29 is 0 Å². The topological polar surface area (TPSA) is 109 Å². The van der Waals surface area contributed by atoms with E-state index in [-0.39, 0.29) is 0 Å². The van der Waals surface area contributed by atoms with Gasteiger partial charge >= 0.3 is 0 Å². The van der Waals surface area contributed by atoms with Crippen molar-refractivity contribution in [3.8, 4) is 11.1 Å². The molecule has 2 aromatic rings. The highest BCUT2D eigenvalue weighted by Gasteiger charge is 2.37. The molecule has 1 saturated heterocycles. The number of aliphatic imine (C=N–C) groups is 1. The van der Waals surface area contributed by atoms with Gasteiger partial charge in [0.05, 0.1) is 12.0 Å². The minimum absolute atomic E-state index is 0.296. The molecule has 152 valence electrons. The summed E-state index contributed by atoms with van der Waals surface area (Å²) in [6.07, 6.45) is 1.50. The molecule has 1 atom stereocenters. The summed E-state index contributed by atoms with van der Waals surface area (Å²) in [6, 6.07) is 14.0. The zero-order valence-electron chi connectivity index (χ0n) is 16.4. The Bertz CT molecular complexity index is 961. The first-order chi connectivity index (χ1) is 13.9. The summed E-state index contributed by atoms with van der Waals surface area (Å²) in [5.41, 5.74) is 22.6. The molecule has 1 fully saturated rings. The summed E-state index contributed by atoms with van der Waals surface area (Å²) in [5.74, 6) is 0. The van der Waals surface area contributed by atoms with Gasteiger partial charge in [-0.2, -0.15) is 0 Å². The molecular formula is C21H26ClN7. The molecule has 0 aromatic heterocycles. The van der Waals surface area contributed by atoms with Gasteiger partial charge in [0.15, 0.2) is 5.66 Å². The zero-order valence-corrected chi connectivity index (χ0v) is 17.2. The van der Waals surface area contributed by atoms with Crippen LogP contribution in [0.4, 0.5) is 11.4 Å². The van der Waals surface area contributed by atoms with Gasteiger partial charge in [-0.15, -0.1) is 0 Å². The van der Waals surface area contributed by atoms with Crippen molar-refractivity contribution >= 4 is 29.3 Å². The maximum atomic E-state index is 6.76. The fourth-order valence-corrected chi connectivity index (χ4v) is 3.93. The number of halogens is 1. The molecule has 1 unspecified atom stereocenters. The van der Waals surface area contributed by atoms with Crippen LogP contribution in [-0.2, 0) is 5.66 Å². The molecule has 2 aliphatic rings. The standard InChI is InChI=1S/C21H26ClN7/c1-28-8-10-29(11-9-28)18-7-4-15(14-2-5-16(23)6-3-14)12-17(18)21(25)19(24)20(22)26-13-27-21/h2-7,12-13H,8-11,23-25H2,1H3,(H,26,27). The molecule has 0 bridgehead atoms. The summed E-state index contributed by atoms with van der Waals surface area (Å²) in [6.45, 7) is 3.77. The number of rotatable bonds is 3. The van der Waals surface area contributed by atoms with Gasteiger partial charge in [0.2, 0.25) is 0 Å². The van der Waals surface area contributed by atoms with Crippen molar-refractivity contribution in [3.63, 3.8) is 0 Å². The van der Waals surface area contributed by atoms with E-state index in [0.29, 0.717) is 10.9 Å². The number of nitrogens with zero attached hydrogens (tertiary/aromatic N) is 3. The number of hydrogen-bond acceptors (Lipinski definition) is 7. The van der Waals surface area contributed by atoms with Crippen LogP contribution in [-0.4, -0.2) is 44.5 Å². The number of nitrogens with one attached hydrogen (secondary N) is 1. The SMILES string of the molecule is CN1CCN(c2ccc(-c3ccc(N)cc3)cc2C2(N)N=CNC(Cl)=C2N)CC1. The molecule has 29 heavy (non-hydrogen) atoms. The van der Waals surface area contributed by atoms with Gasteiger partial charge < -0.3 is 26.6 Å². The molecule has 2 aromatic carbocycles. The molecule has 7 nitrogen and oxygen atoms in total. The van der Waals surface area contributed by atoms with E-state index in [1.165, 1.54) is 6.34 Å². The predicted octanol–water partition coefficient (Wildman–Crippen LogP) is 1.80. The van der Waals surface area contributed by atoms with E-state index in [9.17, 15) is 0 Å². The van der Waals surface area contributed by atoms with Gasteiger partial charge in [0.1, 0.15) is 5.16 Å². The third kappa shape index (κ3) is 3.64. The molecule has 2 aliphatic heterocycles. The van der Waals surface area contributed by atoms with Crippen LogP contribution >= 0.6 is 11.6 Å². The average molecular weight is 412 g/mol. The molecule has 2 heterocycles. The second-order valence-electron chi connectivity index (χ2n) is 7.54. The fourth-order valence-electron chi connectivity index (χ4n) is 3.74. The highest BCUT2D eigenvalue weighted by Crippen LogP contribution is 2.39. The summed E-state index contributed by atoms with van der Waals surface area (Å²) in [4.78, 5) is 9.14. The fraction of sp³-hybridized carbons (Fsp3) is 0.286. The predicted molar refractivity (Wildman–Crippen MR) is 121 cm³/mol. The number of anilines is 2. The summed E-state index contributed by atoms with van der Waals surface area (Å²) in [5, 5.41) is 3.12. The van der Waals surface area contributed by atoms with Gasteiger partial charge in [0, 0.05) is 43.1 Å². The van der Waals surface area contributed by atoms with Crippen molar-refractivity contribution in [1.82, 2.24) is 10.2 Å². The van der Waals surface area contributed by atoms with Crippen LogP contribution in [0.3, 0.4) is 0 Å². The van der Waals surface area contributed by atoms with Crippen LogP contribution in [0.2, 0.25) is 0 Å². The minimum atomic E-state index is -1.25. The second-order valence-corrected chi connectivity index (χ2v) is 7.92. The molecular weight excluding hydrogens is 386 g/mol. The quantitative estimate of drug-likeness (QED) is 0.453. The van der Waals surface area contributed by atoms with Crippen LogP contribution < -0.4 is 27.4 Å². The highest BCUT2D eigenvalue weighted by atomic mass is 35.5. The molecule has 0 saturated carbocycles. The van der Waals surface area contributed by atoms with Crippen LogP contribution in [0, 0.1) is 0 Å². The van der Waals surface area contributed by atoms with Crippen LogP contribution in [0.1, 0.15) is 5.56 Å². The molecule has 0 radical (unpaired) electrons. The van der Waals surface area contributed by atoms with Crippen molar-refractivity contribution in [2.24, 2.45) is 16.5 Å². The van der Waals surface area contributed by atoms with Gasteiger partial charge in [-0.05, 0) is 42.4 Å². The summed E-state index contributed by atoms with van der Waals surface area (Å²) < 4.78 is 0. The lowest BCUT2D eigenvalue weighted by molar-refractivity contribution is 0.312. The lowest BCUT2D eigenvalue weighted by Crippen LogP contribution is -2.48. The number of nitrogen functional groups attached to an aromatic ring is 1. The molecule has 7 N–H and O–H groups in total. The van der Waals surface area contributed by atoms with Gasteiger partial charge in [-0.25, -0.2) is 4.99 Å². The van der Waals surface area contributed by atoms with E-state index in [4.69, 9.17) is 28.8 Å². The molecule has 4 rings (SSSR count). The van der Waals surface area contributed by atoms with Crippen molar-refractivity contribution in [1.29, 1.82) is 0 Å². The Morgan fingerprint density at radius 1 is 1.00 bits per heavy atom. The summed E-state index contributed by atoms with van der Waals surface area (Å²) >= 11 is 6.27. The number of likely N-dealkylation sites (N-methyl/N-ethyl adjacent to an activating group) is 1. The largest absolute Gasteiger partial charge is 0.399 e. The third-order valence-corrected chi connectivity index (χ3v) is 5.91. The maximum Gasteiger partial charge on any atom is 0.180 e. The van der Waals surface area contributed by atoms with E-state index < -0.39 is 5.66 Å². The molecule has 8 heteroatoms. The van der Waals surface area contributed by atoms with Gasteiger partial charge in [-0.1, -0.05) is 29.8 Å². The molecule has 0 aliphatic carbocycles. The third-order valence-electron chi connectivity index (χ3n) is 5.60. The number of nitrogens with two attached hydrogens (primary N) is 3. The lowest BCUT2D eigenvalue weighted by Gasteiger charge is -2.38. The Morgan fingerprint density at radius 2 is 1.66 bits per heavy atom. The lowest BCUT2D eigenvalue weighted by atomic mass is 9.91. The normalized spacial score (nSPS) is 22.7. The first kappa shape index (κ1) is 19.6. The summed E-state index contributed by atoms with van der Waals surface area (Å²) in [7, 11) is 2.13. The molecule has 0 spiro atoms. The van der Waals surface area contributed by atoms with E-state index in [1.807, 2.05) is 24.3 Å². The van der Waals surface area contributed by atoms with Crippen molar-refractivity contribution in [2.45, 2.75) is 5.66 Å². The van der Waals surface area contributed by atoms with Crippen molar-refractivity contribution in [2.75, 3.05) is 43.9 Å². The highest BCUT2D eigenvalue weighted by molar-refractivity contribution is 6.30. The van der Waals surface area contributed by atoms with E-state index >= 15 is 0 Å².